The zero-order chi connectivity index (χ0) is 9.40. The van der Waals surface area contributed by atoms with Crippen LogP contribution >= 0.6 is 0 Å². The van der Waals surface area contributed by atoms with E-state index in [2.05, 4.69) is 25.7 Å². The first-order chi connectivity index (χ1) is 5.76. The van der Waals surface area contributed by atoms with E-state index in [0.717, 1.165) is 19.6 Å². The molecule has 0 aromatic rings. The van der Waals surface area contributed by atoms with Crippen LogP contribution < -0.4 is 5.32 Å². The average Bonchev–Trinajstić information content (AvgIpc) is 2.06. The Labute approximate surface area is 76.0 Å². The minimum Gasteiger partial charge on any atom is -0.377 e. The van der Waals surface area contributed by atoms with Crippen molar-refractivity contribution in [2.45, 2.75) is 39.3 Å². The Balaban J connectivity index is 3.70. The Hall–Kier alpha value is -0.340. The normalized spacial score (nSPS) is 15.6. The lowest BCUT2D eigenvalue weighted by atomic mass is 10.2. The molecule has 0 heterocycles. The molecule has 2 atom stereocenters. The van der Waals surface area contributed by atoms with Gasteiger partial charge in [-0.3, -0.25) is 0 Å². The van der Waals surface area contributed by atoms with Crippen LogP contribution in [0, 0.1) is 0 Å². The first-order valence-corrected chi connectivity index (χ1v) is 4.73. The molecule has 2 heteroatoms. The van der Waals surface area contributed by atoms with E-state index in [1.165, 1.54) is 0 Å². The summed E-state index contributed by atoms with van der Waals surface area (Å²) in [4.78, 5) is 0. The van der Waals surface area contributed by atoms with E-state index in [1.54, 1.807) is 0 Å². The molecule has 2 nitrogen and oxygen atoms in total. The lowest BCUT2D eigenvalue weighted by molar-refractivity contribution is 0.0594. The van der Waals surface area contributed by atoms with Crippen molar-refractivity contribution in [1.82, 2.24) is 5.32 Å². The summed E-state index contributed by atoms with van der Waals surface area (Å²) in [7, 11) is 0. The lowest BCUT2D eigenvalue weighted by Crippen LogP contribution is -2.38. The molecule has 0 aromatic heterocycles. The molecule has 0 aliphatic heterocycles. The van der Waals surface area contributed by atoms with Crippen molar-refractivity contribution in [2.24, 2.45) is 0 Å². The highest BCUT2D eigenvalue weighted by Crippen LogP contribution is 1.99. The van der Waals surface area contributed by atoms with Gasteiger partial charge in [0.15, 0.2) is 0 Å². The van der Waals surface area contributed by atoms with Crippen LogP contribution in [0.5, 0.6) is 0 Å². The molecular weight excluding hydrogens is 150 g/mol. The second kappa shape index (κ2) is 7.32. The van der Waals surface area contributed by atoms with Gasteiger partial charge in [0.25, 0.3) is 0 Å². The van der Waals surface area contributed by atoms with Crippen molar-refractivity contribution >= 4 is 0 Å². The fraction of sp³-hybridized carbons (Fsp3) is 0.800. The topological polar surface area (TPSA) is 21.3 Å². The highest BCUT2D eigenvalue weighted by Gasteiger charge is 2.11. The van der Waals surface area contributed by atoms with Crippen molar-refractivity contribution < 1.29 is 4.74 Å². The van der Waals surface area contributed by atoms with E-state index < -0.39 is 0 Å². The molecule has 1 N–H and O–H groups in total. The summed E-state index contributed by atoms with van der Waals surface area (Å²) in [6.07, 6.45) is 3.28. The van der Waals surface area contributed by atoms with Gasteiger partial charge in [0, 0.05) is 6.61 Å². The smallest absolute Gasteiger partial charge is 0.0735 e. The van der Waals surface area contributed by atoms with Gasteiger partial charge in [-0.05, 0) is 26.8 Å². The summed E-state index contributed by atoms with van der Waals surface area (Å²) < 4.78 is 5.46. The minimum atomic E-state index is 0.221. The summed E-state index contributed by atoms with van der Waals surface area (Å²) in [5.41, 5.74) is 0. The second-order valence-electron chi connectivity index (χ2n) is 2.88. The van der Waals surface area contributed by atoms with Crippen LogP contribution in [-0.4, -0.2) is 25.3 Å². The fourth-order valence-corrected chi connectivity index (χ4v) is 1.12. The molecule has 0 aromatic carbocycles. The predicted molar refractivity (Wildman–Crippen MR) is 53.4 cm³/mol. The Morgan fingerprint density at radius 3 is 2.58 bits per heavy atom. The summed E-state index contributed by atoms with van der Waals surface area (Å²) in [5, 5.41) is 3.36. The molecule has 0 aliphatic rings. The molecule has 0 rings (SSSR count). The molecule has 0 saturated carbocycles. The van der Waals surface area contributed by atoms with Crippen LogP contribution in [0.3, 0.4) is 0 Å². The molecule has 0 amide bonds. The maximum atomic E-state index is 5.46. The molecule has 12 heavy (non-hydrogen) atoms. The molecule has 0 bridgehead atoms. The van der Waals surface area contributed by atoms with Crippen molar-refractivity contribution in [3.05, 3.63) is 12.7 Å². The third-order valence-corrected chi connectivity index (χ3v) is 1.82. The third kappa shape index (κ3) is 4.52. The number of ether oxygens (including phenoxy) is 1. The van der Waals surface area contributed by atoms with E-state index in [-0.39, 0.29) is 12.1 Å². The monoisotopic (exact) mass is 171 g/mol. The Morgan fingerprint density at radius 2 is 2.17 bits per heavy atom. The van der Waals surface area contributed by atoms with Crippen molar-refractivity contribution in [3.8, 4) is 0 Å². The van der Waals surface area contributed by atoms with Gasteiger partial charge in [0.2, 0.25) is 0 Å². The van der Waals surface area contributed by atoms with Crippen LogP contribution in [0.4, 0.5) is 0 Å². The van der Waals surface area contributed by atoms with E-state index >= 15 is 0 Å². The van der Waals surface area contributed by atoms with Gasteiger partial charge in [-0.2, -0.15) is 0 Å². The SMILES string of the molecule is C=CC(NCCC)C(C)OCC. The standard InChI is InChI=1S/C10H21NO/c1-5-8-11-10(6-2)9(4)12-7-3/h6,9-11H,2,5,7-8H2,1,3-4H3. The first kappa shape index (κ1) is 11.7. The van der Waals surface area contributed by atoms with E-state index in [9.17, 15) is 0 Å². The third-order valence-electron chi connectivity index (χ3n) is 1.82. The van der Waals surface area contributed by atoms with Crippen LogP contribution in [0.15, 0.2) is 12.7 Å². The number of hydrogen-bond acceptors (Lipinski definition) is 2. The molecule has 0 fully saturated rings. The average molecular weight is 171 g/mol. The minimum absolute atomic E-state index is 0.221. The van der Waals surface area contributed by atoms with Gasteiger partial charge in [0.05, 0.1) is 12.1 Å². The molecule has 0 radical (unpaired) electrons. The summed E-state index contributed by atoms with van der Waals surface area (Å²) >= 11 is 0. The zero-order valence-electron chi connectivity index (χ0n) is 8.47. The van der Waals surface area contributed by atoms with Gasteiger partial charge in [0.1, 0.15) is 0 Å². The molecule has 2 unspecified atom stereocenters. The Morgan fingerprint density at radius 1 is 1.50 bits per heavy atom. The van der Waals surface area contributed by atoms with Crippen LogP contribution in [-0.2, 0) is 4.74 Å². The highest BCUT2D eigenvalue weighted by atomic mass is 16.5. The summed E-state index contributed by atoms with van der Waals surface area (Å²) in [6.45, 7) is 11.8. The van der Waals surface area contributed by atoms with Gasteiger partial charge in [-0.15, -0.1) is 6.58 Å². The van der Waals surface area contributed by atoms with Gasteiger partial charge >= 0.3 is 0 Å². The Bertz CT molecular complexity index is 114. The summed E-state index contributed by atoms with van der Waals surface area (Å²) in [6, 6.07) is 0.282. The Kier molecular flexibility index (Phi) is 7.11. The zero-order valence-corrected chi connectivity index (χ0v) is 8.47. The van der Waals surface area contributed by atoms with Crippen LogP contribution in [0.25, 0.3) is 0 Å². The van der Waals surface area contributed by atoms with Crippen LogP contribution in [0.1, 0.15) is 27.2 Å². The second-order valence-corrected chi connectivity index (χ2v) is 2.88. The number of nitrogens with one attached hydrogen (secondary N) is 1. The maximum Gasteiger partial charge on any atom is 0.0735 e. The van der Waals surface area contributed by atoms with Gasteiger partial charge in [-0.1, -0.05) is 13.0 Å². The summed E-state index contributed by atoms with van der Waals surface area (Å²) in [5.74, 6) is 0. The van der Waals surface area contributed by atoms with E-state index in [0.29, 0.717) is 0 Å². The van der Waals surface area contributed by atoms with Gasteiger partial charge < -0.3 is 10.1 Å². The fourth-order valence-electron chi connectivity index (χ4n) is 1.12. The van der Waals surface area contributed by atoms with Gasteiger partial charge in [-0.25, -0.2) is 0 Å². The lowest BCUT2D eigenvalue weighted by Gasteiger charge is -2.21. The maximum absolute atomic E-state index is 5.46. The predicted octanol–water partition coefficient (Wildman–Crippen LogP) is 1.97. The number of rotatable bonds is 7. The molecule has 0 saturated heterocycles. The first-order valence-electron chi connectivity index (χ1n) is 4.73. The molecule has 0 spiro atoms. The van der Waals surface area contributed by atoms with Crippen LogP contribution in [0.2, 0.25) is 0 Å². The quantitative estimate of drug-likeness (QED) is 0.591. The number of hydrogen-bond donors (Lipinski definition) is 1. The molecular formula is C10H21NO. The molecule has 72 valence electrons. The largest absolute Gasteiger partial charge is 0.377 e. The van der Waals surface area contributed by atoms with Crippen molar-refractivity contribution in [1.29, 1.82) is 0 Å². The van der Waals surface area contributed by atoms with Crippen molar-refractivity contribution in [2.75, 3.05) is 13.2 Å². The van der Waals surface area contributed by atoms with Crippen molar-refractivity contribution in [3.63, 3.8) is 0 Å². The van der Waals surface area contributed by atoms with E-state index in [1.807, 2.05) is 13.0 Å². The van der Waals surface area contributed by atoms with E-state index in [4.69, 9.17) is 4.74 Å². The highest BCUT2D eigenvalue weighted by molar-refractivity contribution is 4.90. The molecule has 0 aliphatic carbocycles.